The van der Waals surface area contributed by atoms with Gasteiger partial charge in [-0.05, 0) is 43.9 Å². The fraction of sp³-hybridized carbons (Fsp3) is 0.375. The topological polar surface area (TPSA) is 150 Å². The van der Waals surface area contributed by atoms with Crippen molar-refractivity contribution in [3.05, 3.63) is 71.8 Å². The number of hydrogen-bond donors (Lipinski definition) is 4. The zero-order chi connectivity index (χ0) is 24.9. The zero-order valence-electron chi connectivity index (χ0n) is 19.0. The monoisotopic (exact) mass is 487 g/mol. The van der Waals surface area contributed by atoms with E-state index in [1.165, 1.54) is 6.92 Å². The van der Waals surface area contributed by atoms with Crippen LogP contribution in [-0.4, -0.2) is 62.8 Å². The highest BCUT2D eigenvalue weighted by Gasteiger charge is 2.62. The molecule has 1 fully saturated rings. The minimum atomic E-state index is -4.58. The number of aliphatic carboxylic acids is 1. The molecule has 1 heterocycles. The summed E-state index contributed by atoms with van der Waals surface area (Å²) in [6, 6.07) is 15.6. The Labute approximate surface area is 198 Å². The lowest BCUT2D eigenvalue weighted by Crippen LogP contribution is -2.57. The van der Waals surface area contributed by atoms with Crippen molar-refractivity contribution in [2.45, 2.75) is 43.5 Å². The highest BCUT2D eigenvalue weighted by molar-refractivity contribution is 7.60. The largest absolute Gasteiger partial charge is 0.479 e. The molecule has 4 atom stereocenters. The first-order chi connectivity index (χ1) is 16.1. The van der Waals surface area contributed by atoms with Gasteiger partial charge in [0, 0.05) is 24.3 Å². The molecular weight excluding hydrogens is 457 g/mol. The van der Waals surface area contributed by atoms with Gasteiger partial charge in [-0.15, -0.1) is 0 Å². The molecule has 2 aromatic carbocycles. The summed E-state index contributed by atoms with van der Waals surface area (Å²) in [5, 5.41) is 10.6. The summed E-state index contributed by atoms with van der Waals surface area (Å²) in [6.07, 6.45) is -0.218. The zero-order valence-corrected chi connectivity index (χ0v) is 19.9. The average Bonchev–Trinajstić information content (AvgIpc) is 3.26. The Morgan fingerprint density at radius 3 is 2.26 bits per heavy atom. The molecule has 0 aliphatic carbocycles. The molecule has 9 nitrogen and oxygen atoms in total. The number of carboxylic acids is 1. The minimum Gasteiger partial charge on any atom is -0.479 e. The average molecular weight is 487 g/mol. The van der Waals surface area contributed by atoms with Gasteiger partial charge in [0.25, 0.3) is 5.91 Å². The van der Waals surface area contributed by atoms with E-state index >= 15 is 0 Å². The van der Waals surface area contributed by atoms with Crippen LogP contribution in [0.3, 0.4) is 0 Å². The lowest BCUT2D eigenvalue weighted by atomic mass is 10.1. The van der Waals surface area contributed by atoms with Gasteiger partial charge in [0.2, 0.25) is 18.6 Å². The molecule has 1 saturated heterocycles. The Morgan fingerprint density at radius 1 is 1.12 bits per heavy atom. The third-order valence-electron chi connectivity index (χ3n) is 6.09. The number of carbonyl (C=O) groups excluding carboxylic acids is 2. The van der Waals surface area contributed by atoms with Crippen molar-refractivity contribution in [2.24, 2.45) is 5.73 Å². The first-order valence-corrected chi connectivity index (χ1v) is 12.9. The van der Waals surface area contributed by atoms with Crippen molar-refractivity contribution in [1.29, 1.82) is 0 Å². The van der Waals surface area contributed by atoms with Crippen molar-refractivity contribution < 1.29 is 28.9 Å². The van der Waals surface area contributed by atoms with Crippen LogP contribution < -0.4 is 11.1 Å². The summed E-state index contributed by atoms with van der Waals surface area (Å²) in [5.41, 5.74) is 6.88. The lowest BCUT2D eigenvalue weighted by molar-refractivity contribution is -0.151. The molecule has 1 aliphatic rings. The summed E-state index contributed by atoms with van der Waals surface area (Å²) in [4.78, 5) is 50.2. The maximum atomic E-state index is 13.8. The van der Waals surface area contributed by atoms with E-state index in [4.69, 9.17) is 5.73 Å². The van der Waals surface area contributed by atoms with Crippen molar-refractivity contribution in [1.82, 2.24) is 10.2 Å². The van der Waals surface area contributed by atoms with Gasteiger partial charge in [-0.2, -0.15) is 0 Å². The molecule has 0 spiro atoms. The molecule has 2 aromatic rings. The molecule has 10 heteroatoms. The Morgan fingerprint density at radius 2 is 1.71 bits per heavy atom. The van der Waals surface area contributed by atoms with E-state index < -0.39 is 48.7 Å². The van der Waals surface area contributed by atoms with Gasteiger partial charge in [0.05, 0.1) is 6.04 Å². The third kappa shape index (κ3) is 5.22. The number of rotatable bonds is 9. The van der Waals surface area contributed by atoms with Crippen molar-refractivity contribution in [3.63, 3.8) is 0 Å². The minimum absolute atomic E-state index is 0.0248. The second-order valence-corrected chi connectivity index (χ2v) is 11.1. The van der Waals surface area contributed by atoms with E-state index in [0.717, 1.165) is 10.5 Å². The predicted molar refractivity (Wildman–Crippen MR) is 127 cm³/mol. The molecular formula is C24H30N3O6P. The van der Waals surface area contributed by atoms with Crippen LogP contribution in [-0.2, 0) is 20.6 Å². The summed E-state index contributed by atoms with van der Waals surface area (Å²) in [6.45, 7) is 1.44. The van der Waals surface area contributed by atoms with Crippen LogP contribution >= 0.6 is 7.37 Å². The van der Waals surface area contributed by atoms with Crippen LogP contribution in [0, 0.1) is 0 Å². The van der Waals surface area contributed by atoms with Crippen LogP contribution in [0.4, 0.5) is 0 Å². The van der Waals surface area contributed by atoms with Crippen LogP contribution in [0.25, 0.3) is 0 Å². The number of nitrogens with two attached hydrogens (primary N) is 1. The van der Waals surface area contributed by atoms with E-state index in [-0.39, 0.29) is 25.8 Å². The molecule has 0 aromatic heterocycles. The Bertz CT molecular complexity index is 1080. The lowest BCUT2D eigenvalue weighted by Gasteiger charge is -2.39. The van der Waals surface area contributed by atoms with E-state index in [0.29, 0.717) is 5.56 Å². The van der Waals surface area contributed by atoms with Crippen LogP contribution in [0.1, 0.15) is 35.7 Å². The predicted octanol–water partition coefficient (Wildman–Crippen LogP) is 2.05. The van der Waals surface area contributed by atoms with Gasteiger partial charge in [0.15, 0.2) is 0 Å². The van der Waals surface area contributed by atoms with Gasteiger partial charge in [-0.1, -0.05) is 48.5 Å². The first-order valence-electron chi connectivity index (χ1n) is 11.1. The highest BCUT2D eigenvalue weighted by atomic mass is 31.2. The van der Waals surface area contributed by atoms with Gasteiger partial charge in [-0.25, -0.2) is 4.79 Å². The number of nitrogens with one attached hydrogen (secondary N) is 1. The van der Waals surface area contributed by atoms with Crippen LogP contribution in [0.2, 0.25) is 0 Å². The molecule has 0 saturated carbocycles. The number of carbonyl (C=O) groups is 3. The first kappa shape index (κ1) is 25.6. The smallest absolute Gasteiger partial charge is 0.339 e. The number of hydrogen-bond acceptors (Lipinski definition) is 5. The van der Waals surface area contributed by atoms with E-state index in [1.54, 1.807) is 30.3 Å². The highest BCUT2D eigenvalue weighted by Crippen LogP contribution is 2.61. The quantitative estimate of drug-likeness (QED) is 0.395. The second kappa shape index (κ2) is 10.5. The molecule has 5 N–H and O–H groups in total. The van der Waals surface area contributed by atoms with Crippen LogP contribution in [0.15, 0.2) is 60.7 Å². The standard InChI is InChI=1S/C24H30N3O6P/c1-17(25)22(29)27-14-8-13-24(27,23(30)31)34(32,33)16-20(15-18-9-4-2-5-10-18)26-21(28)19-11-6-3-7-12-19/h2-7,9-12,17,20H,8,13-16,25H2,1H3,(H,26,28)(H,30,31)(H,32,33)/t17-,20?,24+/m0/s1. The van der Waals surface area contributed by atoms with E-state index in [2.05, 4.69) is 5.32 Å². The molecule has 34 heavy (non-hydrogen) atoms. The molecule has 2 amide bonds. The molecule has 1 aliphatic heterocycles. The van der Waals surface area contributed by atoms with E-state index in [9.17, 15) is 28.9 Å². The van der Waals surface area contributed by atoms with Gasteiger partial charge in [-0.3, -0.25) is 14.2 Å². The number of benzene rings is 2. The molecule has 3 rings (SSSR count). The summed E-state index contributed by atoms with van der Waals surface area (Å²) in [5.74, 6) is -2.68. The number of amides is 2. The molecule has 0 bridgehead atoms. The molecule has 182 valence electrons. The van der Waals surface area contributed by atoms with Gasteiger partial charge < -0.3 is 26.0 Å². The maximum absolute atomic E-state index is 13.8. The normalized spacial score (nSPS) is 21.3. The SMILES string of the molecule is C[C@H](N)C(=O)N1CCC[C@]1(C(=O)O)P(=O)(O)CC(Cc1ccccc1)NC(=O)c1ccccc1. The summed E-state index contributed by atoms with van der Waals surface area (Å²) in [7, 11) is -4.58. The number of carboxylic acid groups (broad SMARTS) is 1. The van der Waals surface area contributed by atoms with Gasteiger partial charge >= 0.3 is 5.97 Å². The Kier molecular flexibility index (Phi) is 7.92. The molecule has 0 radical (unpaired) electrons. The number of nitrogens with zero attached hydrogens (tertiary/aromatic N) is 1. The fourth-order valence-electron chi connectivity index (χ4n) is 4.44. The third-order valence-corrected chi connectivity index (χ3v) is 8.84. The van der Waals surface area contributed by atoms with Crippen LogP contribution in [0.5, 0.6) is 0 Å². The number of likely N-dealkylation sites (tertiary alicyclic amines) is 1. The van der Waals surface area contributed by atoms with Crippen molar-refractivity contribution >= 4 is 25.2 Å². The summed E-state index contributed by atoms with van der Waals surface area (Å²) < 4.78 is 13.8. The molecule has 2 unspecified atom stereocenters. The van der Waals surface area contributed by atoms with E-state index in [1.807, 2.05) is 30.3 Å². The summed E-state index contributed by atoms with van der Waals surface area (Å²) >= 11 is 0. The Hall–Kier alpha value is -3.00. The fourth-order valence-corrected chi connectivity index (χ4v) is 6.95. The van der Waals surface area contributed by atoms with Crippen molar-refractivity contribution in [2.75, 3.05) is 12.7 Å². The second-order valence-electron chi connectivity index (χ2n) is 8.61. The van der Waals surface area contributed by atoms with Crippen molar-refractivity contribution in [3.8, 4) is 0 Å². The Balaban J connectivity index is 1.95. The van der Waals surface area contributed by atoms with Gasteiger partial charge in [0.1, 0.15) is 0 Å². The maximum Gasteiger partial charge on any atom is 0.339 e.